The molecule has 0 saturated carbocycles. The molecule has 0 atom stereocenters. The number of nitrogens with zero attached hydrogens (tertiary/aromatic N) is 2. The lowest BCUT2D eigenvalue weighted by molar-refractivity contribution is 0.102. The lowest BCUT2D eigenvalue weighted by Gasteiger charge is -2.04. The van der Waals surface area contributed by atoms with Crippen LogP contribution in [0.5, 0.6) is 0 Å². The number of aromatic nitrogens is 3. The van der Waals surface area contributed by atoms with E-state index in [1.165, 1.54) is 29.7 Å². The average molecular weight is 404 g/mol. The van der Waals surface area contributed by atoms with Crippen molar-refractivity contribution in [2.24, 2.45) is 0 Å². The highest BCUT2D eigenvalue weighted by molar-refractivity contribution is 7.14. The fourth-order valence-corrected chi connectivity index (χ4v) is 3.85. The van der Waals surface area contributed by atoms with E-state index < -0.39 is 5.91 Å². The van der Waals surface area contributed by atoms with E-state index in [0.717, 1.165) is 17.7 Å². The molecule has 6 nitrogen and oxygen atoms in total. The number of aryl methyl sites for hydroxylation is 1. The summed E-state index contributed by atoms with van der Waals surface area (Å²) in [5.74, 6) is -0.409. The molecule has 7 heteroatoms. The Labute approximate surface area is 171 Å². The average Bonchev–Trinajstić information content (AvgIpc) is 3.21. The summed E-state index contributed by atoms with van der Waals surface area (Å²) < 4.78 is 0. The number of rotatable bonds is 6. The van der Waals surface area contributed by atoms with Crippen LogP contribution in [0.4, 0.5) is 5.13 Å². The SMILES string of the molecule is CCCCc1ccc(-c2csc(NC(=O)c3n[nH]c(=O)c4ccccc34)n2)cc1. The molecule has 0 aliphatic rings. The first-order valence-electron chi connectivity index (χ1n) is 9.49. The molecule has 0 saturated heterocycles. The maximum Gasteiger partial charge on any atom is 0.278 e. The lowest BCUT2D eigenvalue weighted by atomic mass is 10.1. The topological polar surface area (TPSA) is 87.7 Å². The second-order valence-electron chi connectivity index (χ2n) is 6.74. The lowest BCUT2D eigenvalue weighted by Crippen LogP contribution is -2.19. The summed E-state index contributed by atoms with van der Waals surface area (Å²) in [6, 6.07) is 15.3. The fourth-order valence-electron chi connectivity index (χ4n) is 3.13. The quantitative estimate of drug-likeness (QED) is 0.490. The van der Waals surface area contributed by atoms with Gasteiger partial charge in [-0.2, -0.15) is 5.10 Å². The third kappa shape index (κ3) is 4.09. The molecule has 1 amide bonds. The Bertz CT molecular complexity index is 1210. The first-order valence-corrected chi connectivity index (χ1v) is 10.4. The van der Waals surface area contributed by atoms with Crippen LogP contribution in [0.2, 0.25) is 0 Å². The number of anilines is 1. The Hall–Kier alpha value is -3.32. The molecule has 2 heterocycles. The number of H-pyrrole nitrogens is 1. The molecule has 29 heavy (non-hydrogen) atoms. The number of aromatic amines is 1. The minimum absolute atomic E-state index is 0.164. The highest BCUT2D eigenvalue weighted by atomic mass is 32.1. The molecule has 2 aromatic carbocycles. The Morgan fingerprint density at radius 2 is 1.86 bits per heavy atom. The molecule has 146 valence electrons. The van der Waals surface area contributed by atoms with Gasteiger partial charge in [-0.3, -0.25) is 14.9 Å². The zero-order chi connectivity index (χ0) is 20.2. The Kier molecular flexibility index (Phi) is 5.48. The third-order valence-electron chi connectivity index (χ3n) is 4.70. The number of thiazole rings is 1. The van der Waals surface area contributed by atoms with Crippen LogP contribution in [0, 0.1) is 0 Å². The minimum Gasteiger partial charge on any atom is -0.296 e. The Morgan fingerprint density at radius 3 is 2.62 bits per heavy atom. The van der Waals surface area contributed by atoms with Gasteiger partial charge < -0.3 is 0 Å². The molecule has 0 spiro atoms. The second-order valence-corrected chi connectivity index (χ2v) is 7.60. The maximum absolute atomic E-state index is 12.7. The summed E-state index contributed by atoms with van der Waals surface area (Å²) in [7, 11) is 0. The van der Waals surface area contributed by atoms with Crippen molar-refractivity contribution in [1.29, 1.82) is 0 Å². The van der Waals surface area contributed by atoms with Gasteiger partial charge in [-0.15, -0.1) is 11.3 Å². The summed E-state index contributed by atoms with van der Waals surface area (Å²) >= 11 is 1.35. The van der Waals surface area contributed by atoms with Gasteiger partial charge in [0.05, 0.1) is 11.1 Å². The fraction of sp³-hybridized carbons (Fsp3) is 0.182. The predicted molar refractivity (Wildman–Crippen MR) is 116 cm³/mol. The summed E-state index contributed by atoms with van der Waals surface area (Å²) in [5.41, 5.74) is 2.98. The summed E-state index contributed by atoms with van der Waals surface area (Å²) in [6.45, 7) is 2.19. The van der Waals surface area contributed by atoms with E-state index in [9.17, 15) is 9.59 Å². The van der Waals surface area contributed by atoms with E-state index in [2.05, 4.69) is 51.7 Å². The van der Waals surface area contributed by atoms with E-state index in [1.54, 1.807) is 24.3 Å². The predicted octanol–water partition coefficient (Wildman–Crippen LogP) is 4.64. The van der Waals surface area contributed by atoms with Gasteiger partial charge in [0.1, 0.15) is 0 Å². The Morgan fingerprint density at radius 1 is 1.10 bits per heavy atom. The van der Waals surface area contributed by atoms with Gasteiger partial charge in [0.25, 0.3) is 11.5 Å². The summed E-state index contributed by atoms with van der Waals surface area (Å²) in [5, 5.41) is 12.4. The van der Waals surface area contributed by atoms with Gasteiger partial charge in [-0.25, -0.2) is 10.1 Å². The van der Waals surface area contributed by atoms with Crippen LogP contribution in [0.15, 0.2) is 58.7 Å². The van der Waals surface area contributed by atoms with Crippen molar-refractivity contribution in [3.05, 3.63) is 75.5 Å². The van der Waals surface area contributed by atoms with E-state index in [0.29, 0.717) is 15.9 Å². The first-order chi connectivity index (χ1) is 14.2. The zero-order valence-electron chi connectivity index (χ0n) is 15.9. The maximum atomic E-state index is 12.7. The van der Waals surface area contributed by atoms with Crippen LogP contribution in [0.25, 0.3) is 22.0 Å². The molecule has 0 aliphatic heterocycles. The largest absolute Gasteiger partial charge is 0.296 e. The number of benzene rings is 2. The van der Waals surface area contributed by atoms with Gasteiger partial charge in [0.15, 0.2) is 10.8 Å². The monoisotopic (exact) mass is 404 g/mol. The number of hydrogen-bond acceptors (Lipinski definition) is 5. The second kappa shape index (κ2) is 8.36. The molecular weight excluding hydrogens is 384 g/mol. The van der Waals surface area contributed by atoms with Crippen molar-refractivity contribution in [2.75, 3.05) is 5.32 Å². The van der Waals surface area contributed by atoms with Crippen molar-refractivity contribution >= 4 is 33.1 Å². The summed E-state index contributed by atoms with van der Waals surface area (Å²) in [6.07, 6.45) is 3.44. The van der Waals surface area contributed by atoms with E-state index >= 15 is 0 Å². The third-order valence-corrected chi connectivity index (χ3v) is 5.46. The molecule has 0 unspecified atom stereocenters. The van der Waals surface area contributed by atoms with Gasteiger partial charge in [-0.1, -0.05) is 55.8 Å². The highest BCUT2D eigenvalue weighted by Crippen LogP contribution is 2.26. The van der Waals surface area contributed by atoms with Gasteiger partial charge in [-0.05, 0) is 24.5 Å². The van der Waals surface area contributed by atoms with Gasteiger partial charge >= 0.3 is 0 Å². The normalized spacial score (nSPS) is 10.9. The van der Waals surface area contributed by atoms with Crippen molar-refractivity contribution in [1.82, 2.24) is 15.2 Å². The van der Waals surface area contributed by atoms with Crippen molar-refractivity contribution < 1.29 is 4.79 Å². The van der Waals surface area contributed by atoms with Crippen molar-refractivity contribution in [3.63, 3.8) is 0 Å². The molecular formula is C22H20N4O2S. The number of nitrogens with one attached hydrogen (secondary N) is 2. The molecule has 0 radical (unpaired) electrons. The van der Waals surface area contributed by atoms with Crippen LogP contribution in [-0.2, 0) is 6.42 Å². The molecule has 2 N–H and O–H groups in total. The Balaban J connectivity index is 1.53. The van der Waals surface area contributed by atoms with Crippen molar-refractivity contribution in [2.45, 2.75) is 26.2 Å². The molecule has 2 aromatic heterocycles. The van der Waals surface area contributed by atoms with Crippen LogP contribution in [0.3, 0.4) is 0 Å². The number of hydrogen-bond donors (Lipinski definition) is 2. The molecule has 0 aliphatic carbocycles. The smallest absolute Gasteiger partial charge is 0.278 e. The molecule has 4 rings (SSSR count). The number of amides is 1. The van der Waals surface area contributed by atoms with Gasteiger partial charge in [0, 0.05) is 16.3 Å². The van der Waals surface area contributed by atoms with E-state index in [1.807, 2.05) is 5.38 Å². The number of fused-ring (bicyclic) bond motifs is 1. The molecule has 4 aromatic rings. The number of carbonyl (C=O) groups excluding carboxylic acids is 1. The van der Waals surface area contributed by atoms with E-state index in [4.69, 9.17) is 0 Å². The molecule has 0 bridgehead atoms. The minimum atomic E-state index is -0.409. The molecule has 0 fully saturated rings. The number of unbranched alkanes of at least 4 members (excludes halogenated alkanes) is 1. The van der Waals surface area contributed by atoms with Gasteiger partial charge in [0.2, 0.25) is 0 Å². The van der Waals surface area contributed by atoms with Crippen molar-refractivity contribution in [3.8, 4) is 11.3 Å². The highest BCUT2D eigenvalue weighted by Gasteiger charge is 2.16. The standard InChI is InChI=1S/C22H20N4O2S/c1-2-3-6-14-9-11-15(12-10-14)18-13-29-22(23-18)24-21(28)19-16-7-4-5-8-17(16)20(27)26-25-19/h4-5,7-13H,2-3,6H2,1H3,(H,26,27)(H,23,24,28). The first kappa shape index (κ1) is 19.0. The number of carbonyl (C=O) groups is 1. The van der Waals surface area contributed by atoms with Crippen LogP contribution < -0.4 is 10.9 Å². The summed E-state index contributed by atoms with van der Waals surface area (Å²) in [4.78, 5) is 29.1. The zero-order valence-corrected chi connectivity index (χ0v) is 16.8. The van der Waals surface area contributed by atoms with Crippen LogP contribution >= 0.6 is 11.3 Å². The van der Waals surface area contributed by atoms with E-state index in [-0.39, 0.29) is 11.3 Å². The van der Waals surface area contributed by atoms with Crippen LogP contribution in [-0.4, -0.2) is 21.1 Å². The van der Waals surface area contributed by atoms with Crippen LogP contribution in [0.1, 0.15) is 35.8 Å².